The van der Waals surface area contributed by atoms with Gasteiger partial charge < -0.3 is 10.1 Å². The summed E-state index contributed by atoms with van der Waals surface area (Å²) in [5, 5.41) is 3.86. The number of hydrogen-bond donors (Lipinski definition) is 1. The molecule has 3 rings (SSSR count). The third kappa shape index (κ3) is 5.74. The minimum absolute atomic E-state index is 0.0111. The lowest BCUT2D eigenvalue weighted by Gasteiger charge is -2.31. The zero-order valence-electron chi connectivity index (χ0n) is 14.6. The SMILES string of the molecule is O=C(CSc1ccccc1Cl)NC(CN1CCOCC1)c1ccccc1. The summed E-state index contributed by atoms with van der Waals surface area (Å²) in [7, 11) is 0. The number of ether oxygens (including phenoxy) is 1. The predicted octanol–water partition coefficient (Wildman–Crippen LogP) is 3.62. The van der Waals surface area contributed by atoms with Crippen molar-refractivity contribution in [3.8, 4) is 0 Å². The number of nitrogens with zero attached hydrogens (tertiary/aromatic N) is 1. The molecule has 2 aromatic rings. The van der Waals surface area contributed by atoms with Crippen LogP contribution in [0.3, 0.4) is 0 Å². The molecule has 0 saturated carbocycles. The van der Waals surface area contributed by atoms with Gasteiger partial charge in [0.15, 0.2) is 0 Å². The van der Waals surface area contributed by atoms with Crippen LogP contribution >= 0.6 is 23.4 Å². The van der Waals surface area contributed by atoms with Gasteiger partial charge in [-0.05, 0) is 17.7 Å². The Hall–Kier alpha value is -1.53. The standard InChI is InChI=1S/C20H23ClN2O2S/c21-17-8-4-5-9-19(17)26-15-20(24)22-18(16-6-2-1-3-7-16)14-23-10-12-25-13-11-23/h1-9,18H,10-15H2,(H,22,24). The molecule has 4 nitrogen and oxygen atoms in total. The van der Waals surface area contributed by atoms with Crippen LogP contribution in [-0.2, 0) is 9.53 Å². The van der Waals surface area contributed by atoms with Crippen molar-refractivity contribution in [1.29, 1.82) is 0 Å². The Morgan fingerprint density at radius 3 is 2.54 bits per heavy atom. The molecule has 6 heteroatoms. The third-order valence-electron chi connectivity index (χ3n) is 4.28. The van der Waals surface area contributed by atoms with Crippen molar-refractivity contribution < 1.29 is 9.53 Å². The number of nitrogens with one attached hydrogen (secondary N) is 1. The van der Waals surface area contributed by atoms with Crippen LogP contribution in [0.25, 0.3) is 0 Å². The van der Waals surface area contributed by atoms with Crippen LogP contribution < -0.4 is 5.32 Å². The van der Waals surface area contributed by atoms with Gasteiger partial charge in [-0.1, -0.05) is 54.1 Å². The van der Waals surface area contributed by atoms with Crippen LogP contribution in [0, 0.1) is 0 Å². The van der Waals surface area contributed by atoms with Crippen LogP contribution in [-0.4, -0.2) is 49.4 Å². The molecule has 1 saturated heterocycles. The molecule has 1 heterocycles. The van der Waals surface area contributed by atoms with Gasteiger partial charge in [-0.3, -0.25) is 9.69 Å². The van der Waals surface area contributed by atoms with Gasteiger partial charge in [0.1, 0.15) is 0 Å². The molecule has 1 aliphatic rings. The molecular formula is C20H23ClN2O2S. The maximum atomic E-state index is 12.5. The van der Waals surface area contributed by atoms with Crippen molar-refractivity contribution in [3.05, 3.63) is 65.2 Å². The molecule has 138 valence electrons. The number of thioether (sulfide) groups is 1. The van der Waals surface area contributed by atoms with Crippen LogP contribution in [0.2, 0.25) is 5.02 Å². The second-order valence-corrected chi connectivity index (χ2v) is 7.59. The summed E-state index contributed by atoms with van der Waals surface area (Å²) in [5.74, 6) is 0.355. The molecule has 2 aromatic carbocycles. The van der Waals surface area contributed by atoms with Crippen molar-refractivity contribution in [2.75, 3.05) is 38.6 Å². The molecule has 0 aliphatic carbocycles. The molecule has 26 heavy (non-hydrogen) atoms. The normalized spacial score (nSPS) is 16.2. The monoisotopic (exact) mass is 390 g/mol. The van der Waals surface area contributed by atoms with Crippen molar-refractivity contribution in [1.82, 2.24) is 10.2 Å². The van der Waals surface area contributed by atoms with E-state index in [-0.39, 0.29) is 11.9 Å². The first kappa shape index (κ1) is 19.2. The lowest BCUT2D eigenvalue weighted by Crippen LogP contribution is -2.43. The number of carbonyl (C=O) groups is 1. The van der Waals surface area contributed by atoms with Crippen molar-refractivity contribution in [3.63, 3.8) is 0 Å². The Labute approximate surface area is 163 Å². The number of hydrogen-bond acceptors (Lipinski definition) is 4. The highest BCUT2D eigenvalue weighted by Crippen LogP contribution is 2.26. The van der Waals surface area contributed by atoms with E-state index in [4.69, 9.17) is 16.3 Å². The first-order valence-electron chi connectivity index (χ1n) is 8.74. The number of rotatable bonds is 7. The average molecular weight is 391 g/mol. The summed E-state index contributed by atoms with van der Waals surface area (Å²) in [6.45, 7) is 4.08. The van der Waals surface area contributed by atoms with Crippen LogP contribution in [0.1, 0.15) is 11.6 Å². The highest BCUT2D eigenvalue weighted by molar-refractivity contribution is 8.00. The minimum Gasteiger partial charge on any atom is -0.379 e. The van der Waals surface area contributed by atoms with Gasteiger partial charge in [0.05, 0.1) is 30.0 Å². The summed E-state index contributed by atoms with van der Waals surface area (Å²) in [6.07, 6.45) is 0. The molecule has 0 bridgehead atoms. The average Bonchev–Trinajstić information content (AvgIpc) is 2.68. The van der Waals surface area contributed by atoms with Gasteiger partial charge >= 0.3 is 0 Å². The van der Waals surface area contributed by atoms with Crippen molar-refractivity contribution in [2.24, 2.45) is 0 Å². The van der Waals surface area contributed by atoms with E-state index >= 15 is 0 Å². The zero-order valence-corrected chi connectivity index (χ0v) is 16.1. The molecule has 1 unspecified atom stereocenters. The Balaban J connectivity index is 1.61. The van der Waals surface area contributed by atoms with Crippen LogP contribution in [0.15, 0.2) is 59.5 Å². The Morgan fingerprint density at radius 2 is 1.81 bits per heavy atom. The van der Waals surface area contributed by atoms with Gasteiger partial charge in [0.2, 0.25) is 5.91 Å². The summed E-state index contributed by atoms with van der Waals surface area (Å²) in [4.78, 5) is 15.8. The quantitative estimate of drug-likeness (QED) is 0.733. The number of morpholine rings is 1. The second-order valence-electron chi connectivity index (χ2n) is 6.16. The van der Waals surface area contributed by atoms with E-state index in [0.29, 0.717) is 10.8 Å². The number of halogens is 1. The van der Waals surface area contributed by atoms with Crippen LogP contribution in [0.4, 0.5) is 0 Å². The third-order valence-corrected chi connectivity index (χ3v) is 5.79. The van der Waals surface area contributed by atoms with E-state index in [9.17, 15) is 4.79 Å². The fourth-order valence-electron chi connectivity index (χ4n) is 2.90. The lowest BCUT2D eigenvalue weighted by molar-refractivity contribution is -0.119. The molecule has 1 aliphatic heterocycles. The number of carbonyl (C=O) groups excluding carboxylic acids is 1. The van der Waals surface area contributed by atoms with Gasteiger partial charge in [-0.15, -0.1) is 11.8 Å². The van der Waals surface area contributed by atoms with E-state index < -0.39 is 0 Å². The second kappa shape index (κ2) is 9.97. The maximum Gasteiger partial charge on any atom is 0.230 e. The van der Waals surface area contributed by atoms with E-state index in [1.807, 2.05) is 42.5 Å². The molecule has 1 fully saturated rings. The van der Waals surface area contributed by atoms with Crippen LogP contribution in [0.5, 0.6) is 0 Å². The molecule has 1 atom stereocenters. The van der Waals surface area contributed by atoms with Crippen molar-refractivity contribution in [2.45, 2.75) is 10.9 Å². The molecule has 1 amide bonds. The molecule has 0 aromatic heterocycles. The van der Waals surface area contributed by atoms with E-state index in [1.54, 1.807) is 0 Å². The summed E-state index contributed by atoms with van der Waals surface area (Å²) >= 11 is 7.63. The maximum absolute atomic E-state index is 12.5. The van der Waals surface area contributed by atoms with Gasteiger partial charge in [0, 0.05) is 24.5 Å². The van der Waals surface area contributed by atoms with Gasteiger partial charge in [-0.25, -0.2) is 0 Å². The molecule has 0 spiro atoms. The Morgan fingerprint density at radius 1 is 1.12 bits per heavy atom. The largest absolute Gasteiger partial charge is 0.379 e. The van der Waals surface area contributed by atoms with Crippen molar-refractivity contribution >= 4 is 29.3 Å². The molecule has 0 radical (unpaired) electrons. The first-order chi connectivity index (χ1) is 12.7. The minimum atomic E-state index is -0.0337. The highest BCUT2D eigenvalue weighted by atomic mass is 35.5. The number of amides is 1. The first-order valence-corrected chi connectivity index (χ1v) is 10.1. The summed E-state index contributed by atoms with van der Waals surface area (Å²) in [6, 6.07) is 17.7. The molecular weight excluding hydrogens is 368 g/mol. The fourth-order valence-corrected chi connectivity index (χ4v) is 3.95. The summed E-state index contributed by atoms with van der Waals surface area (Å²) < 4.78 is 5.42. The van der Waals surface area contributed by atoms with E-state index in [0.717, 1.165) is 43.3 Å². The van der Waals surface area contributed by atoms with Gasteiger partial charge in [-0.2, -0.15) is 0 Å². The zero-order chi connectivity index (χ0) is 18.2. The van der Waals surface area contributed by atoms with E-state index in [2.05, 4.69) is 22.3 Å². The molecule has 1 N–H and O–H groups in total. The van der Waals surface area contributed by atoms with Gasteiger partial charge in [0.25, 0.3) is 0 Å². The highest BCUT2D eigenvalue weighted by Gasteiger charge is 2.20. The predicted molar refractivity (Wildman–Crippen MR) is 107 cm³/mol. The topological polar surface area (TPSA) is 41.6 Å². The Kier molecular flexibility index (Phi) is 7.38. The smallest absolute Gasteiger partial charge is 0.230 e. The Bertz CT molecular complexity index is 708. The number of benzene rings is 2. The van der Waals surface area contributed by atoms with E-state index in [1.165, 1.54) is 11.8 Å². The lowest BCUT2D eigenvalue weighted by atomic mass is 10.1. The summed E-state index contributed by atoms with van der Waals surface area (Å²) in [5.41, 5.74) is 1.12. The fraction of sp³-hybridized carbons (Fsp3) is 0.350.